The summed E-state index contributed by atoms with van der Waals surface area (Å²) in [4.78, 5) is 17.8. The first-order valence-electron chi connectivity index (χ1n) is 11.5. The molecule has 4 rings (SSSR count). The standard InChI is InChI=1S/C24H33F3N2O3/c1-16(2)23(9-6-20(13-23)28(3)19-7-10-31-11-8-19)22(30)29-14-17-12-18(24(25,26)27)4-5-21(17)32-15-29/h4-5,12,16,19-20H,6-11,13-15H2,1-3H3/t20-,23+/m1/s1. The third kappa shape index (κ3) is 4.36. The van der Waals surface area contributed by atoms with E-state index < -0.39 is 17.2 Å². The van der Waals surface area contributed by atoms with Crippen molar-refractivity contribution < 1.29 is 27.4 Å². The highest BCUT2D eigenvalue weighted by Crippen LogP contribution is 2.48. The topological polar surface area (TPSA) is 42.0 Å². The third-order valence-corrected chi connectivity index (χ3v) is 7.81. The van der Waals surface area contributed by atoms with Crippen LogP contribution in [-0.4, -0.2) is 54.8 Å². The van der Waals surface area contributed by atoms with Crippen LogP contribution < -0.4 is 4.74 Å². The van der Waals surface area contributed by atoms with Crippen molar-refractivity contribution in [2.75, 3.05) is 27.0 Å². The number of rotatable bonds is 4. The van der Waals surface area contributed by atoms with Crippen molar-refractivity contribution >= 4 is 5.91 Å². The Kier molecular flexibility index (Phi) is 6.47. The molecule has 0 bridgehead atoms. The number of nitrogens with zero attached hydrogens (tertiary/aromatic N) is 2. The van der Waals surface area contributed by atoms with Crippen molar-refractivity contribution in [3.05, 3.63) is 29.3 Å². The van der Waals surface area contributed by atoms with Gasteiger partial charge in [0.15, 0.2) is 6.73 Å². The SMILES string of the molecule is CC(C)[C@]1(C(=O)N2COc3ccc(C(F)(F)F)cc3C2)CC[C@@H](N(C)C2CCOCC2)C1. The van der Waals surface area contributed by atoms with E-state index in [2.05, 4.69) is 25.8 Å². The molecule has 2 fully saturated rings. The number of amides is 1. The van der Waals surface area contributed by atoms with Crippen molar-refractivity contribution in [3.63, 3.8) is 0 Å². The molecule has 1 amide bonds. The largest absolute Gasteiger partial charge is 0.473 e. The second kappa shape index (κ2) is 8.86. The molecule has 1 aromatic carbocycles. The maximum absolute atomic E-state index is 13.8. The Hall–Kier alpha value is -1.80. The van der Waals surface area contributed by atoms with Gasteiger partial charge in [-0.1, -0.05) is 13.8 Å². The van der Waals surface area contributed by atoms with Crippen molar-refractivity contribution in [1.29, 1.82) is 0 Å². The molecule has 0 N–H and O–H groups in total. The minimum absolute atomic E-state index is 0.00145. The maximum atomic E-state index is 13.8. The first kappa shape index (κ1) is 23.4. The number of hydrogen-bond acceptors (Lipinski definition) is 4. The molecular formula is C24H33F3N2O3. The monoisotopic (exact) mass is 454 g/mol. The second-order valence-electron chi connectivity index (χ2n) is 9.81. The Morgan fingerprint density at radius 2 is 1.91 bits per heavy atom. The molecule has 1 saturated carbocycles. The molecule has 2 heterocycles. The average molecular weight is 455 g/mol. The number of benzene rings is 1. The van der Waals surface area contributed by atoms with Crippen molar-refractivity contribution in [1.82, 2.24) is 9.80 Å². The van der Waals surface area contributed by atoms with Crippen molar-refractivity contribution in [2.24, 2.45) is 11.3 Å². The van der Waals surface area contributed by atoms with Gasteiger partial charge in [0.25, 0.3) is 0 Å². The Balaban J connectivity index is 1.51. The van der Waals surface area contributed by atoms with Gasteiger partial charge in [-0.15, -0.1) is 0 Å². The fourth-order valence-electron chi connectivity index (χ4n) is 5.62. The van der Waals surface area contributed by atoms with Crippen molar-refractivity contribution in [2.45, 2.75) is 70.8 Å². The summed E-state index contributed by atoms with van der Waals surface area (Å²) >= 11 is 0. The Morgan fingerprint density at radius 3 is 2.56 bits per heavy atom. The summed E-state index contributed by atoms with van der Waals surface area (Å²) in [5, 5.41) is 0. The highest BCUT2D eigenvalue weighted by Gasteiger charge is 2.51. The van der Waals surface area contributed by atoms with Crippen LogP contribution in [0.15, 0.2) is 18.2 Å². The zero-order chi connectivity index (χ0) is 23.1. The summed E-state index contributed by atoms with van der Waals surface area (Å²) in [6.45, 7) is 5.93. The predicted octanol–water partition coefficient (Wildman–Crippen LogP) is 4.69. The summed E-state index contributed by atoms with van der Waals surface area (Å²) in [5.41, 5.74) is -0.828. The number of fused-ring (bicyclic) bond motifs is 1. The van der Waals surface area contributed by atoms with Gasteiger partial charge in [-0.25, -0.2) is 0 Å². The summed E-state index contributed by atoms with van der Waals surface area (Å²) in [6, 6.07) is 4.27. The Bertz CT molecular complexity index is 838. The van der Waals surface area contributed by atoms with Crippen LogP contribution >= 0.6 is 0 Å². The van der Waals surface area contributed by atoms with E-state index in [0.29, 0.717) is 23.4 Å². The lowest BCUT2D eigenvalue weighted by atomic mass is 9.74. The molecule has 5 nitrogen and oxygen atoms in total. The zero-order valence-electron chi connectivity index (χ0n) is 19.1. The second-order valence-corrected chi connectivity index (χ2v) is 9.81. The van der Waals surface area contributed by atoms with E-state index in [-0.39, 0.29) is 25.1 Å². The average Bonchev–Trinajstić information content (AvgIpc) is 3.24. The zero-order valence-corrected chi connectivity index (χ0v) is 19.1. The molecule has 2 aliphatic heterocycles. The van der Waals surface area contributed by atoms with Crippen LogP contribution in [0.5, 0.6) is 5.75 Å². The number of carbonyl (C=O) groups is 1. The fourth-order valence-corrected chi connectivity index (χ4v) is 5.62. The number of hydrogen-bond donors (Lipinski definition) is 0. The first-order chi connectivity index (χ1) is 15.1. The minimum atomic E-state index is -4.42. The Labute approximate surface area is 187 Å². The summed E-state index contributed by atoms with van der Waals surface area (Å²) in [6.07, 6.45) is 0.0912. The molecular weight excluding hydrogens is 421 g/mol. The van der Waals surface area contributed by atoms with Gasteiger partial charge in [-0.2, -0.15) is 13.2 Å². The van der Waals surface area contributed by atoms with Crippen LogP contribution in [0.2, 0.25) is 0 Å². The number of alkyl halides is 3. The van der Waals surface area contributed by atoms with E-state index in [1.54, 1.807) is 4.90 Å². The van der Waals surface area contributed by atoms with E-state index in [1.807, 2.05) is 0 Å². The highest BCUT2D eigenvalue weighted by atomic mass is 19.4. The van der Waals surface area contributed by atoms with Gasteiger partial charge in [-0.3, -0.25) is 4.79 Å². The normalized spacial score (nSPS) is 27.0. The van der Waals surface area contributed by atoms with E-state index in [1.165, 1.54) is 6.07 Å². The van der Waals surface area contributed by atoms with Gasteiger partial charge in [0.2, 0.25) is 5.91 Å². The van der Waals surface area contributed by atoms with Crippen LogP contribution in [0.4, 0.5) is 13.2 Å². The minimum Gasteiger partial charge on any atom is -0.473 e. The molecule has 1 aromatic rings. The lowest BCUT2D eigenvalue weighted by Crippen LogP contribution is -2.49. The van der Waals surface area contributed by atoms with Gasteiger partial charge in [0.1, 0.15) is 5.75 Å². The summed E-state index contributed by atoms with van der Waals surface area (Å²) in [7, 11) is 2.15. The van der Waals surface area contributed by atoms with Gasteiger partial charge in [0.05, 0.1) is 17.5 Å². The smallest absolute Gasteiger partial charge is 0.416 e. The lowest BCUT2D eigenvalue weighted by molar-refractivity contribution is -0.150. The van der Waals surface area contributed by atoms with E-state index in [4.69, 9.17) is 9.47 Å². The van der Waals surface area contributed by atoms with Gasteiger partial charge in [0, 0.05) is 30.9 Å². The van der Waals surface area contributed by atoms with Crippen LogP contribution in [0, 0.1) is 11.3 Å². The Morgan fingerprint density at radius 1 is 1.19 bits per heavy atom. The van der Waals surface area contributed by atoms with Crippen LogP contribution in [0.1, 0.15) is 57.1 Å². The van der Waals surface area contributed by atoms with Crippen LogP contribution in [0.3, 0.4) is 0 Å². The van der Waals surface area contributed by atoms with Crippen LogP contribution in [-0.2, 0) is 22.3 Å². The van der Waals surface area contributed by atoms with Crippen molar-refractivity contribution in [3.8, 4) is 5.75 Å². The first-order valence-corrected chi connectivity index (χ1v) is 11.5. The molecule has 178 valence electrons. The van der Waals surface area contributed by atoms with Crippen LogP contribution in [0.25, 0.3) is 0 Å². The summed E-state index contributed by atoms with van der Waals surface area (Å²) in [5.74, 6) is 0.550. The number of ether oxygens (including phenoxy) is 2. The highest BCUT2D eigenvalue weighted by molar-refractivity contribution is 5.83. The molecule has 1 saturated heterocycles. The number of carbonyl (C=O) groups excluding carboxylic acids is 1. The third-order valence-electron chi connectivity index (χ3n) is 7.81. The molecule has 1 aliphatic carbocycles. The molecule has 0 radical (unpaired) electrons. The number of halogens is 3. The molecule has 8 heteroatoms. The van der Waals surface area contributed by atoms with E-state index in [0.717, 1.165) is 57.5 Å². The lowest BCUT2D eigenvalue weighted by Gasteiger charge is -2.41. The van der Waals surface area contributed by atoms with Gasteiger partial charge < -0.3 is 19.3 Å². The summed E-state index contributed by atoms with van der Waals surface area (Å²) < 4.78 is 50.7. The molecule has 0 aromatic heterocycles. The quantitative estimate of drug-likeness (QED) is 0.662. The predicted molar refractivity (Wildman–Crippen MR) is 114 cm³/mol. The van der Waals surface area contributed by atoms with Gasteiger partial charge in [-0.05, 0) is 63.3 Å². The molecule has 3 aliphatic rings. The molecule has 0 unspecified atom stereocenters. The molecule has 2 atom stereocenters. The molecule has 0 spiro atoms. The molecule has 32 heavy (non-hydrogen) atoms. The maximum Gasteiger partial charge on any atom is 0.416 e. The fraction of sp³-hybridized carbons (Fsp3) is 0.708. The van der Waals surface area contributed by atoms with Gasteiger partial charge >= 0.3 is 6.18 Å². The van der Waals surface area contributed by atoms with E-state index >= 15 is 0 Å². The van der Waals surface area contributed by atoms with E-state index in [9.17, 15) is 18.0 Å².